The van der Waals surface area contributed by atoms with E-state index in [0.717, 1.165) is 33.1 Å². The van der Waals surface area contributed by atoms with Crippen molar-refractivity contribution in [3.8, 4) is 5.69 Å². The van der Waals surface area contributed by atoms with Crippen LogP contribution >= 0.6 is 23.1 Å². The molecule has 0 bridgehead atoms. The van der Waals surface area contributed by atoms with Gasteiger partial charge in [-0.25, -0.2) is 14.2 Å². The summed E-state index contributed by atoms with van der Waals surface area (Å²) in [5.74, 6) is -0.771. The van der Waals surface area contributed by atoms with E-state index in [9.17, 15) is 14.0 Å². The van der Waals surface area contributed by atoms with Crippen LogP contribution in [0.3, 0.4) is 0 Å². The van der Waals surface area contributed by atoms with Crippen LogP contribution in [0.5, 0.6) is 0 Å². The molecule has 9 heteroatoms. The summed E-state index contributed by atoms with van der Waals surface area (Å²) in [6, 6.07) is 15.5. The van der Waals surface area contributed by atoms with Crippen molar-refractivity contribution in [2.75, 3.05) is 12.9 Å². The molecule has 0 radical (unpaired) electrons. The summed E-state index contributed by atoms with van der Waals surface area (Å²) >= 11 is 2.92. The Morgan fingerprint density at radius 2 is 1.82 bits per heavy atom. The lowest BCUT2D eigenvalue weighted by Crippen LogP contribution is -2.39. The molecule has 200 valence electrons. The van der Waals surface area contributed by atoms with Crippen LogP contribution in [-0.2, 0) is 9.53 Å². The van der Waals surface area contributed by atoms with Crippen molar-refractivity contribution in [3.05, 3.63) is 114 Å². The Labute approximate surface area is 233 Å². The molecule has 0 aliphatic carbocycles. The molecule has 0 saturated carbocycles. The van der Waals surface area contributed by atoms with Crippen LogP contribution in [0.15, 0.2) is 80.5 Å². The quantitative estimate of drug-likeness (QED) is 0.244. The lowest BCUT2D eigenvalue weighted by molar-refractivity contribution is -0.139. The van der Waals surface area contributed by atoms with Crippen molar-refractivity contribution in [2.45, 2.75) is 38.6 Å². The van der Waals surface area contributed by atoms with Gasteiger partial charge in [0.05, 0.1) is 28.5 Å². The van der Waals surface area contributed by atoms with Gasteiger partial charge in [-0.2, -0.15) is 0 Å². The first-order chi connectivity index (χ1) is 18.7. The summed E-state index contributed by atoms with van der Waals surface area (Å²) in [7, 11) is 0. The Morgan fingerprint density at radius 1 is 1.13 bits per heavy atom. The van der Waals surface area contributed by atoms with Gasteiger partial charge >= 0.3 is 5.97 Å². The highest BCUT2D eigenvalue weighted by Gasteiger charge is 2.33. The number of carbonyl (C=O) groups is 1. The molecule has 5 rings (SSSR count). The highest BCUT2D eigenvalue weighted by molar-refractivity contribution is 7.98. The molecule has 0 amide bonds. The first-order valence-electron chi connectivity index (χ1n) is 12.5. The lowest BCUT2D eigenvalue weighted by atomic mass is 9.96. The molecule has 39 heavy (non-hydrogen) atoms. The Morgan fingerprint density at radius 3 is 2.46 bits per heavy atom. The van der Waals surface area contributed by atoms with E-state index in [0.29, 0.717) is 20.6 Å². The number of thiazole rings is 1. The van der Waals surface area contributed by atoms with Gasteiger partial charge in [0.2, 0.25) is 0 Å². The fourth-order valence-electron chi connectivity index (χ4n) is 4.96. The standard InChI is InChI=1S/C30H28FN3O3S2/c1-6-37-29(36)26-18(3)32-30-34(27(26)20-7-13-24(38-5)14-8-20)28(35)25(39-30)16-21-15-17(2)33(19(21)4)23-11-9-22(31)10-12-23/h7-16,27H,6H2,1-5H3/b25-16-/t27-/m1/s1. The summed E-state index contributed by atoms with van der Waals surface area (Å²) in [6.45, 7) is 7.71. The number of thioether (sulfide) groups is 1. The number of esters is 1. The van der Waals surface area contributed by atoms with Crippen LogP contribution in [0, 0.1) is 19.7 Å². The normalized spacial score (nSPS) is 15.3. The maximum Gasteiger partial charge on any atom is 0.338 e. The zero-order chi connectivity index (χ0) is 27.8. The molecular weight excluding hydrogens is 533 g/mol. The fraction of sp³-hybridized carbons (Fsp3) is 0.233. The predicted molar refractivity (Wildman–Crippen MR) is 154 cm³/mol. The van der Waals surface area contributed by atoms with Crippen LogP contribution in [-0.4, -0.2) is 28.0 Å². The van der Waals surface area contributed by atoms with Gasteiger partial charge in [0.1, 0.15) is 5.82 Å². The highest BCUT2D eigenvalue weighted by atomic mass is 32.2. The summed E-state index contributed by atoms with van der Waals surface area (Å²) < 4.78 is 23.0. The summed E-state index contributed by atoms with van der Waals surface area (Å²) in [5.41, 5.74) is 5.10. The van der Waals surface area contributed by atoms with E-state index in [-0.39, 0.29) is 18.0 Å². The van der Waals surface area contributed by atoms with E-state index in [1.165, 1.54) is 23.5 Å². The topological polar surface area (TPSA) is 65.6 Å². The average molecular weight is 562 g/mol. The average Bonchev–Trinajstić information content (AvgIpc) is 3.38. The summed E-state index contributed by atoms with van der Waals surface area (Å²) in [6.07, 6.45) is 3.86. The molecule has 1 atom stereocenters. The Bertz CT molecular complexity index is 1780. The molecule has 0 spiro atoms. The number of aromatic nitrogens is 2. The maximum absolute atomic E-state index is 13.9. The second-order valence-corrected chi connectivity index (χ2v) is 11.1. The van der Waals surface area contributed by atoms with Crippen LogP contribution < -0.4 is 14.9 Å². The lowest BCUT2D eigenvalue weighted by Gasteiger charge is -2.24. The maximum atomic E-state index is 13.9. The smallest absolute Gasteiger partial charge is 0.338 e. The second-order valence-electron chi connectivity index (χ2n) is 9.21. The molecule has 1 aliphatic rings. The number of ether oxygens (including phenoxy) is 1. The number of nitrogens with zero attached hydrogens (tertiary/aromatic N) is 3. The van der Waals surface area contributed by atoms with Crippen molar-refractivity contribution in [2.24, 2.45) is 4.99 Å². The minimum atomic E-state index is -0.648. The van der Waals surface area contributed by atoms with Gasteiger partial charge < -0.3 is 9.30 Å². The molecule has 0 N–H and O–H groups in total. The summed E-state index contributed by atoms with van der Waals surface area (Å²) in [4.78, 5) is 33.3. The van der Waals surface area contributed by atoms with Gasteiger partial charge in [-0.1, -0.05) is 23.5 Å². The summed E-state index contributed by atoms with van der Waals surface area (Å²) in [5, 5.41) is 0. The highest BCUT2D eigenvalue weighted by Crippen LogP contribution is 2.31. The van der Waals surface area contributed by atoms with Gasteiger partial charge in [0, 0.05) is 22.0 Å². The second kappa shape index (κ2) is 10.8. The van der Waals surface area contributed by atoms with Crippen LogP contribution in [0.4, 0.5) is 4.39 Å². The monoisotopic (exact) mass is 561 g/mol. The van der Waals surface area contributed by atoms with E-state index in [2.05, 4.69) is 4.99 Å². The Kier molecular flexibility index (Phi) is 7.46. The molecule has 0 fully saturated rings. The van der Waals surface area contributed by atoms with E-state index in [1.54, 1.807) is 42.3 Å². The van der Waals surface area contributed by atoms with Crippen molar-refractivity contribution in [1.29, 1.82) is 0 Å². The van der Waals surface area contributed by atoms with E-state index in [1.807, 2.05) is 61.1 Å². The molecule has 3 heterocycles. The number of halogens is 1. The molecule has 2 aromatic heterocycles. The van der Waals surface area contributed by atoms with Crippen molar-refractivity contribution >= 4 is 35.1 Å². The zero-order valence-electron chi connectivity index (χ0n) is 22.3. The minimum absolute atomic E-state index is 0.224. The number of aryl methyl sites for hydroxylation is 1. The minimum Gasteiger partial charge on any atom is -0.463 e. The number of allylic oxidation sites excluding steroid dienone is 1. The number of hydrogen-bond donors (Lipinski definition) is 0. The third-order valence-corrected chi connectivity index (χ3v) is 8.52. The third-order valence-electron chi connectivity index (χ3n) is 6.79. The number of rotatable bonds is 6. The van der Waals surface area contributed by atoms with Crippen LogP contribution in [0.1, 0.15) is 42.4 Å². The van der Waals surface area contributed by atoms with Crippen molar-refractivity contribution in [3.63, 3.8) is 0 Å². The van der Waals surface area contributed by atoms with Gasteiger partial charge in [-0.05, 0) is 93.6 Å². The molecule has 0 unspecified atom stereocenters. The van der Waals surface area contributed by atoms with Crippen LogP contribution in [0.25, 0.3) is 11.8 Å². The third kappa shape index (κ3) is 4.92. The van der Waals surface area contributed by atoms with Gasteiger partial charge in [0.25, 0.3) is 5.56 Å². The number of carbonyl (C=O) groups excluding carboxylic acids is 1. The molecule has 6 nitrogen and oxygen atoms in total. The van der Waals surface area contributed by atoms with Crippen molar-refractivity contribution < 1.29 is 13.9 Å². The van der Waals surface area contributed by atoms with Gasteiger partial charge in [-0.3, -0.25) is 9.36 Å². The predicted octanol–water partition coefficient (Wildman–Crippen LogP) is 5.07. The SMILES string of the molecule is CCOC(=O)C1=C(C)N=c2s/c(=C\c3cc(C)n(-c4ccc(F)cc4)c3C)c(=O)n2[C@@H]1c1ccc(SC)cc1. The first-order valence-corrected chi connectivity index (χ1v) is 14.6. The molecule has 0 saturated heterocycles. The van der Waals surface area contributed by atoms with E-state index >= 15 is 0 Å². The van der Waals surface area contributed by atoms with Gasteiger partial charge in [0.15, 0.2) is 4.80 Å². The Balaban J connectivity index is 1.68. The molecular formula is C30H28FN3O3S2. The van der Waals surface area contributed by atoms with Gasteiger partial charge in [-0.15, -0.1) is 11.8 Å². The van der Waals surface area contributed by atoms with Crippen LogP contribution in [0.2, 0.25) is 0 Å². The number of benzene rings is 2. The Hall–Kier alpha value is -3.69. The van der Waals surface area contributed by atoms with E-state index < -0.39 is 12.0 Å². The van der Waals surface area contributed by atoms with E-state index in [4.69, 9.17) is 4.74 Å². The number of hydrogen-bond acceptors (Lipinski definition) is 6. The molecule has 4 aromatic rings. The number of fused-ring (bicyclic) bond motifs is 1. The first kappa shape index (κ1) is 26.9. The largest absolute Gasteiger partial charge is 0.463 e. The fourth-order valence-corrected chi connectivity index (χ4v) is 6.40. The molecule has 2 aromatic carbocycles. The molecule has 1 aliphatic heterocycles. The zero-order valence-corrected chi connectivity index (χ0v) is 24.0. The van der Waals surface area contributed by atoms with Crippen molar-refractivity contribution in [1.82, 2.24) is 9.13 Å².